The Morgan fingerprint density at radius 3 is 2.52 bits per heavy atom. The molecule has 0 N–H and O–H groups in total. The van der Waals surface area contributed by atoms with E-state index in [1.807, 2.05) is 0 Å². The molecule has 0 heterocycles. The highest BCUT2D eigenvalue weighted by Gasteiger charge is 2.18. The van der Waals surface area contributed by atoms with E-state index in [9.17, 15) is 14.5 Å². The molecule has 0 amide bonds. The van der Waals surface area contributed by atoms with E-state index in [4.69, 9.17) is 27.9 Å². The van der Waals surface area contributed by atoms with Crippen LogP contribution in [-0.2, 0) is 6.61 Å². The highest BCUT2D eigenvalue weighted by Crippen LogP contribution is 2.36. The fourth-order valence-electron chi connectivity index (χ4n) is 1.57. The van der Waals surface area contributed by atoms with Crippen LogP contribution in [0.1, 0.15) is 5.56 Å². The van der Waals surface area contributed by atoms with E-state index in [1.54, 1.807) is 0 Å². The summed E-state index contributed by atoms with van der Waals surface area (Å²) >= 11 is 14.6. The molecular formula is C13H7BrCl2FNO3. The van der Waals surface area contributed by atoms with Gasteiger partial charge in [-0.3, -0.25) is 10.1 Å². The molecule has 110 valence electrons. The molecule has 0 unspecified atom stereocenters. The zero-order chi connectivity index (χ0) is 15.6. The molecule has 0 atom stereocenters. The highest BCUT2D eigenvalue weighted by atomic mass is 79.9. The van der Waals surface area contributed by atoms with Crippen LogP contribution in [0.25, 0.3) is 0 Å². The summed E-state index contributed by atoms with van der Waals surface area (Å²) < 4.78 is 18.8. The second kappa shape index (κ2) is 6.60. The SMILES string of the molecule is O=[N+]([O-])c1cc(Cl)c(Cl)cc1OCc1ccc(F)c(Br)c1. The molecule has 0 aliphatic carbocycles. The van der Waals surface area contributed by atoms with E-state index in [-0.39, 0.29) is 32.6 Å². The molecular weight excluding hydrogens is 388 g/mol. The van der Waals surface area contributed by atoms with E-state index < -0.39 is 10.7 Å². The quantitative estimate of drug-likeness (QED) is 0.516. The summed E-state index contributed by atoms with van der Waals surface area (Å²) in [6, 6.07) is 6.72. The van der Waals surface area contributed by atoms with Crippen LogP contribution in [-0.4, -0.2) is 4.92 Å². The minimum absolute atomic E-state index is 0.00477. The molecule has 21 heavy (non-hydrogen) atoms. The van der Waals surface area contributed by atoms with Crippen LogP contribution in [0.3, 0.4) is 0 Å². The van der Waals surface area contributed by atoms with Crippen LogP contribution in [0.4, 0.5) is 10.1 Å². The van der Waals surface area contributed by atoms with E-state index >= 15 is 0 Å². The number of rotatable bonds is 4. The van der Waals surface area contributed by atoms with Gasteiger partial charge in [0.05, 0.1) is 19.4 Å². The molecule has 8 heteroatoms. The Balaban J connectivity index is 2.24. The van der Waals surface area contributed by atoms with Crippen molar-refractivity contribution < 1.29 is 14.1 Å². The molecule has 4 nitrogen and oxygen atoms in total. The number of benzene rings is 2. The molecule has 0 aliphatic rings. The minimum atomic E-state index is -0.613. The maximum Gasteiger partial charge on any atom is 0.312 e. The second-order valence-corrected chi connectivity index (χ2v) is 5.70. The monoisotopic (exact) mass is 393 g/mol. The van der Waals surface area contributed by atoms with Crippen LogP contribution in [0.2, 0.25) is 10.0 Å². The topological polar surface area (TPSA) is 52.4 Å². The first-order valence-electron chi connectivity index (χ1n) is 5.58. The Kier molecular flexibility index (Phi) is 5.03. The van der Waals surface area contributed by atoms with Crippen molar-refractivity contribution in [3.8, 4) is 5.75 Å². The standard InChI is InChI=1S/C13H7BrCl2FNO3/c14-8-3-7(1-2-11(8)17)6-21-13-5-10(16)9(15)4-12(13)18(19)20/h1-5H,6H2. The average Bonchev–Trinajstić information content (AvgIpc) is 2.43. The van der Waals surface area contributed by atoms with Crippen molar-refractivity contribution in [2.24, 2.45) is 0 Å². The predicted octanol–water partition coefficient (Wildman–Crippen LogP) is 5.38. The lowest BCUT2D eigenvalue weighted by Gasteiger charge is -2.08. The normalized spacial score (nSPS) is 10.5. The van der Waals surface area contributed by atoms with Crippen LogP contribution in [0.15, 0.2) is 34.8 Å². The van der Waals surface area contributed by atoms with E-state index in [1.165, 1.54) is 24.3 Å². The van der Waals surface area contributed by atoms with Gasteiger partial charge in [0.1, 0.15) is 12.4 Å². The van der Waals surface area contributed by atoms with Gasteiger partial charge in [-0.2, -0.15) is 0 Å². The van der Waals surface area contributed by atoms with E-state index in [0.29, 0.717) is 5.56 Å². The summed E-state index contributed by atoms with van der Waals surface area (Å²) in [4.78, 5) is 10.3. The van der Waals surface area contributed by atoms with Gasteiger partial charge >= 0.3 is 5.69 Å². The van der Waals surface area contributed by atoms with Crippen molar-refractivity contribution in [1.82, 2.24) is 0 Å². The number of nitrogens with zero attached hydrogens (tertiary/aromatic N) is 1. The smallest absolute Gasteiger partial charge is 0.312 e. The third-order valence-corrected chi connectivity index (χ3v) is 3.91. The Morgan fingerprint density at radius 1 is 1.24 bits per heavy atom. The summed E-state index contributed by atoms with van der Waals surface area (Å²) in [6.45, 7) is 0.0255. The first-order chi connectivity index (χ1) is 9.88. The van der Waals surface area contributed by atoms with Crippen molar-refractivity contribution in [2.45, 2.75) is 6.61 Å². The number of halogens is 4. The Labute approximate surface area is 137 Å². The first-order valence-corrected chi connectivity index (χ1v) is 7.13. The fraction of sp³-hybridized carbons (Fsp3) is 0.0769. The highest BCUT2D eigenvalue weighted by molar-refractivity contribution is 9.10. The van der Waals surface area contributed by atoms with Crippen molar-refractivity contribution in [2.75, 3.05) is 0 Å². The maximum atomic E-state index is 13.1. The van der Waals surface area contributed by atoms with Crippen LogP contribution in [0, 0.1) is 15.9 Å². The summed E-state index contributed by atoms with van der Waals surface area (Å²) in [5.74, 6) is -0.408. The van der Waals surface area contributed by atoms with Gasteiger partial charge in [-0.15, -0.1) is 0 Å². The number of hydrogen-bond donors (Lipinski definition) is 0. The van der Waals surface area contributed by atoms with Gasteiger partial charge in [0.15, 0.2) is 5.75 Å². The fourth-order valence-corrected chi connectivity index (χ4v) is 2.30. The molecule has 0 aromatic heterocycles. The van der Waals surface area contributed by atoms with Gasteiger partial charge in [-0.25, -0.2) is 4.39 Å². The third kappa shape index (κ3) is 3.84. The van der Waals surface area contributed by atoms with Crippen molar-refractivity contribution in [1.29, 1.82) is 0 Å². The van der Waals surface area contributed by atoms with Crippen molar-refractivity contribution in [3.05, 3.63) is 66.3 Å². The van der Waals surface area contributed by atoms with E-state index in [0.717, 1.165) is 6.07 Å². The molecule has 0 spiro atoms. The zero-order valence-electron chi connectivity index (χ0n) is 10.3. The molecule has 0 aliphatic heterocycles. The number of ether oxygens (including phenoxy) is 1. The summed E-state index contributed by atoms with van der Waals surface area (Å²) in [5.41, 5.74) is 0.356. The van der Waals surface area contributed by atoms with E-state index in [2.05, 4.69) is 15.9 Å². The number of hydrogen-bond acceptors (Lipinski definition) is 3. The minimum Gasteiger partial charge on any atom is -0.482 e. The summed E-state index contributed by atoms with van der Waals surface area (Å²) in [6.07, 6.45) is 0. The first kappa shape index (κ1) is 16.0. The summed E-state index contributed by atoms with van der Waals surface area (Å²) in [5, 5.41) is 11.2. The maximum absolute atomic E-state index is 13.1. The van der Waals surface area contributed by atoms with Gasteiger partial charge in [-0.05, 0) is 33.6 Å². The molecule has 2 aromatic carbocycles. The second-order valence-electron chi connectivity index (χ2n) is 4.03. The van der Waals surface area contributed by atoms with Crippen molar-refractivity contribution >= 4 is 44.8 Å². The third-order valence-electron chi connectivity index (χ3n) is 2.58. The Morgan fingerprint density at radius 2 is 1.90 bits per heavy atom. The Hall–Kier alpha value is -1.37. The van der Waals surface area contributed by atoms with Crippen LogP contribution in [0.5, 0.6) is 5.75 Å². The Bertz CT molecular complexity index is 712. The van der Waals surface area contributed by atoms with Gasteiger partial charge in [0.25, 0.3) is 0 Å². The molecule has 0 bridgehead atoms. The molecule has 0 radical (unpaired) electrons. The molecule has 0 saturated carbocycles. The van der Waals surface area contributed by atoms with Gasteiger partial charge in [0, 0.05) is 12.1 Å². The van der Waals surface area contributed by atoms with Crippen molar-refractivity contribution in [3.63, 3.8) is 0 Å². The zero-order valence-corrected chi connectivity index (χ0v) is 13.4. The van der Waals surface area contributed by atoms with Crippen LogP contribution < -0.4 is 4.74 Å². The molecule has 2 rings (SSSR count). The predicted molar refractivity (Wildman–Crippen MR) is 81.5 cm³/mol. The summed E-state index contributed by atoms with van der Waals surface area (Å²) in [7, 11) is 0. The van der Waals surface area contributed by atoms with Crippen LogP contribution >= 0.6 is 39.1 Å². The molecule has 2 aromatic rings. The lowest BCUT2D eigenvalue weighted by molar-refractivity contribution is -0.385. The van der Waals surface area contributed by atoms with Gasteiger partial charge in [0.2, 0.25) is 0 Å². The molecule has 0 fully saturated rings. The lowest BCUT2D eigenvalue weighted by atomic mass is 10.2. The largest absolute Gasteiger partial charge is 0.482 e. The molecule has 0 saturated heterocycles. The van der Waals surface area contributed by atoms with Gasteiger partial charge in [-0.1, -0.05) is 29.3 Å². The average molecular weight is 395 g/mol. The van der Waals surface area contributed by atoms with Gasteiger partial charge < -0.3 is 4.74 Å². The lowest BCUT2D eigenvalue weighted by Crippen LogP contribution is -2.00. The number of nitro benzene ring substituents is 1. The number of nitro groups is 1.